The zero-order chi connectivity index (χ0) is 43.2. The van der Waals surface area contributed by atoms with E-state index in [1.165, 1.54) is 6.20 Å². The summed E-state index contributed by atoms with van der Waals surface area (Å²) in [6.07, 6.45) is 0.635. The molecule has 0 bridgehead atoms. The van der Waals surface area contributed by atoms with Crippen LogP contribution in [0.25, 0.3) is 0 Å². The van der Waals surface area contributed by atoms with E-state index in [0.717, 1.165) is 26.8 Å². The van der Waals surface area contributed by atoms with Crippen molar-refractivity contribution < 1.29 is 28.1 Å². The summed E-state index contributed by atoms with van der Waals surface area (Å²) in [5.41, 5.74) is 0.881. The SMILES string of the molecule is COc1ccc(C(OC[C@@H](NC(=O)Cn2cc(C)c(=O)[nH]c2=O)[C@H](OP(OCCC#N)N(C(C)C)C(C)C)c2ccccc2)(c2ccccc2)c2ccc(OC)cc2)cc1. The van der Waals surface area contributed by atoms with Crippen molar-refractivity contribution in [1.82, 2.24) is 19.5 Å². The molecule has 60 heavy (non-hydrogen) atoms. The van der Waals surface area contributed by atoms with E-state index in [1.807, 2.05) is 137 Å². The van der Waals surface area contributed by atoms with Crippen LogP contribution in [0.4, 0.5) is 0 Å². The largest absolute Gasteiger partial charge is 0.497 e. The lowest BCUT2D eigenvalue weighted by atomic mass is 9.80. The van der Waals surface area contributed by atoms with Gasteiger partial charge in [-0.3, -0.25) is 19.1 Å². The number of nitrogens with zero attached hydrogens (tertiary/aromatic N) is 3. The van der Waals surface area contributed by atoms with E-state index in [9.17, 15) is 19.6 Å². The molecule has 0 saturated carbocycles. The summed E-state index contributed by atoms with van der Waals surface area (Å²) in [5, 5.41) is 12.6. The van der Waals surface area contributed by atoms with Crippen molar-refractivity contribution in [2.75, 3.05) is 27.4 Å². The Morgan fingerprint density at radius 3 is 1.88 bits per heavy atom. The molecule has 14 heteroatoms. The van der Waals surface area contributed by atoms with Crippen LogP contribution in [0.15, 0.2) is 125 Å². The van der Waals surface area contributed by atoms with Crippen molar-refractivity contribution in [3.05, 3.63) is 164 Å². The van der Waals surface area contributed by atoms with Crippen LogP contribution in [0.5, 0.6) is 11.5 Å². The number of hydrogen-bond donors (Lipinski definition) is 2. The minimum atomic E-state index is -1.83. The summed E-state index contributed by atoms with van der Waals surface area (Å²) < 4.78 is 35.2. The van der Waals surface area contributed by atoms with Crippen molar-refractivity contribution in [2.45, 2.75) is 77.4 Å². The fraction of sp³-hybridized carbons (Fsp3) is 0.348. The van der Waals surface area contributed by atoms with Crippen LogP contribution in [0.2, 0.25) is 0 Å². The molecule has 1 unspecified atom stereocenters. The zero-order valence-corrected chi connectivity index (χ0v) is 36.1. The van der Waals surface area contributed by atoms with Gasteiger partial charge >= 0.3 is 5.69 Å². The summed E-state index contributed by atoms with van der Waals surface area (Å²) in [6, 6.07) is 35.8. The molecule has 0 fully saturated rings. The molecular formula is C46H54N5O8P. The van der Waals surface area contributed by atoms with Gasteiger partial charge in [0.05, 0.1) is 46.0 Å². The first-order valence-corrected chi connectivity index (χ1v) is 20.9. The summed E-state index contributed by atoms with van der Waals surface area (Å²) >= 11 is 0. The van der Waals surface area contributed by atoms with E-state index in [1.54, 1.807) is 21.1 Å². The third-order valence-electron chi connectivity index (χ3n) is 9.86. The van der Waals surface area contributed by atoms with Crippen molar-refractivity contribution >= 4 is 14.4 Å². The fourth-order valence-electron chi connectivity index (χ4n) is 7.04. The number of aromatic amines is 1. The summed E-state index contributed by atoms with van der Waals surface area (Å²) in [7, 11) is 1.39. The highest BCUT2D eigenvalue weighted by molar-refractivity contribution is 7.44. The van der Waals surface area contributed by atoms with Gasteiger partial charge in [0.15, 0.2) is 0 Å². The molecular weight excluding hydrogens is 782 g/mol. The number of hydrogen-bond acceptors (Lipinski definition) is 10. The highest BCUT2D eigenvalue weighted by Gasteiger charge is 2.41. The van der Waals surface area contributed by atoms with Crippen molar-refractivity contribution in [3.63, 3.8) is 0 Å². The summed E-state index contributed by atoms with van der Waals surface area (Å²) in [6.45, 7) is 9.38. The molecule has 5 rings (SSSR count). The minimum absolute atomic E-state index is 0.00913. The van der Waals surface area contributed by atoms with Gasteiger partial charge in [-0.15, -0.1) is 0 Å². The third kappa shape index (κ3) is 11.2. The van der Waals surface area contributed by atoms with Gasteiger partial charge in [-0.2, -0.15) is 5.26 Å². The Bertz CT molecular complexity index is 2220. The molecule has 4 aromatic carbocycles. The molecule has 13 nitrogen and oxygen atoms in total. The number of carbonyl (C=O) groups is 1. The maximum Gasteiger partial charge on any atom is 0.328 e. The van der Waals surface area contributed by atoms with Gasteiger partial charge in [-0.25, -0.2) is 9.46 Å². The highest BCUT2D eigenvalue weighted by Crippen LogP contribution is 2.51. The van der Waals surface area contributed by atoms with Crippen LogP contribution < -0.4 is 26.0 Å². The highest BCUT2D eigenvalue weighted by atomic mass is 31.2. The van der Waals surface area contributed by atoms with Crippen LogP contribution in [0.3, 0.4) is 0 Å². The molecule has 0 aliphatic carbocycles. The lowest BCUT2D eigenvalue weighted by molar-refractivity contribution is -0.124. The molecule has 0 aliphatic heterocycles. The molecule has 2 N–H and O–H groups in total. The lowest BCUT2D eigenvalue weighted by Crippen LogP contribution is -2.48. The van der Waals surface area contributed by atoms with Crippen molar-refractivity contribution in [1.29, 1.82) is 5.26 Å². The lowest BCUT2D eigenvalue weighted by Gasteiger charge is -2.41. The predicted octanol–water partition coefficient (Wildman–Crippen LogP) is 7.39. The first kappa shape index (κ1) is 45.5. The second kappa shape index (κ2) is 21.6. The van der Waals surface area contributed by atoms with E-state index in [4.69, 9.17) is 23.3 Å². The molecule has 0 spiro atoms. The molecule has 5 aromatic rings. The number of carbonyl (C=O) groups excluding carboxylic acids is 1. The number of benzene rings is 4. The Balaban J connectivity index is 1.70. The minimum Gasteiger partial charge on any atom is -0.497 e. The van der Waals surface area contributed by atoms with Crippen LogP contribution in [-0.2, 0) is 30.7 Å². The molecule has 0 radical (unpaired) electrons. The maximum absolute atomic E-state index is 14.3. The van der Waals surface area contributed by atoms with Crippen LogP contribution in [-0.4, -0.2) is 65.7 Å². The molecule has 0 aliphatic rings. The van der Waals surface area contributed by atoms with E-state index < -0.39 is 50.0 Å². The number of aryl methyl sites for hydroxylation is 1. The molecule has 3 atom stereocenters. The van der Waals surface area contributed by atoms with Crippen LogP contribution in [0.1, 0.15) is 68.0 Å². The number of amides is 1. The van der Waals surface area contributed by atoms with E-state index >= 15 is 0 Å². The topological polar surface area (TPSA) is 157 Å². The number of nitrogens with one attached hydrogen (secondary N) is 2. The maximum atomic E-state index is 14.3. The Hall–Kier alpha value is -5.61. The molecule has 316 valence electrons. The van der Waals surface area contributed by atoms with Gasteiger partial charge in [0, 0.05) is 23.8 Å². The predicted molar refractivity (Wildman–Crippen MR) is 232 cm³/mol. The van der Waals surface area contributed by atoms with E-state index in [-0.39, 0.29) is 37.3 Å². The smallest absolute Gasteiger partial charge is 0.328 e. The van der Waals surface area contributed by atoms with Gasteiger partial charge in [0.2, 0.25) is 5.91 Å². The number of ether oxygens (including phenoxy) is 3. The zero-order valence-electron chi connectivity index (χ0n) is 35.2. The Labute approximate surface area is 352 Å². The van der Waals surface area contributed by atoms with Crippen molar-refractivity contribution in [3.8, 4) is 17.6 Å². The number of methoxy groups -OCH3 is 2. The second-order valence-electron chi connectivity index (χ2n) is 14.7. The fourth-order valence-corrected chi connectivity index (χ4v) is 8.81. The van der Waals surface area contributed by atoms with Gasteiger partial charge < -0.3 is 28.6 Å². The average molecular weight is 836 g/mol. The molecule has 1 amide bonds. The standard InChI is InChI=1S/C46H54N5O8P/c1-32(2)51(33(3)4)60(58-28-14-27-47)59-43(35-15-10-8-11-16-35)41(48-42(52)30-50-29-34(5)44(53)49-45(50)54)31-57-46(36-17-12-9-13-18-36,37-19-23-39(55-6)24-20-37)38-21-25-40(56-7)26-22-38/h8-13,15-26,29,32-33,41,43H,14,28,30-31H2,1-7H3,(H,48,52)(H,49,53,54)/t41-,43-,60?/m1/s1. The van der Waals surface area contributed by atoms with Gasteiger partial charge in [-0.1, -0.05) is 84.9 Å². The Kier molecular flexibility index (Phi) is 16.4. The number of rotatable bonds is 21. The number of H-pyrrole nitrogens is 1. The van der Waals surface area contributed by atoms with Gasteiger partial charge in [0.25, 0.3) is 14.1 Å². The third-order valence-corrected chi connectivity index (χ3v) is 12.0. The van der Waals surface area contributed by atoms with Crippen LogP contribution in [0, 0.1) is 18.3 Å². The van der Waals surface area contributed by atoms with E-state index in [2.05, 4.69) is 21.0 Å². The molecule has 1 aromatic heterocycles. The Morgan fingerprint density at radius 1 is 0.833 bits per heavy atom. The normalized spacial score (nSPS) is 13.2. The van der Waals surface area contributed by atoms with Gasteiger partial charge in [0.1, 0.15) is 29.7 Å². The van der Waals surface area contributed by atoms with E-state index in [0.29, 0.717) is 11.5 Å². The monoisotopic (exact) mass is 835 g/mol. The number of nitriles is 1. The summed E-state index contributed by atoms with van der Waals surface area (Å²) in [5.74, 6) is 0.797. The van der Waals surface area contributed by atoms with Crippen molar-refractivity contribution in [2.24, 2.45) is 0 Å². The first-order chi connectivity index (χ1) is 28.9. The molecule has 1 heterocycles. The summed E-state index contributed by atoms with van der Waals surface area (Å²) in [4.78, 5) is 41.6. The number of aromatic nitrogens is 2. The van der Waals surface area contributed by atoms with Crippen LogP contribution >= 0.6 is 8.53 Å². The Morgan fingerprint density at radius 2 is 1.37 bits per heavy atom. The van der Waals surface area contributed by atoms with Gasteiger partial charge in [-0.05, 0) is 81.1 Å². The first-order valence-electron chi connectivity index (χ1n) is 19.8. The average Bonchev–Trinajstić information content (AvgIpc) is 3.25. The molecule has 0 saturated heterocycles. The second-order valence-corrected chi connectivity index (χ2v) is 16.1. The quantitative estimate of drug-likeness (QED) is 0.0434.